The first-order valence-electron chi connectivity index (χ1n) is 6.12. The maximum Gasteiger partial charge on any atom is 0.343 e. The van der Waals surface area contributed by atoms with E-state index in [4.69, 9.17) is 21.4 Å². The minimum atomic E-state index is -1.55. The maximum atomic E-state index is 13.8. The van der Waals surface area contributed by atoms with Crippen molar-refractivity contribution in [3.05, 3.63) is 45.7 Å². The highest BCUT2D eigenvalue weighted by atomic mass is 35.5. The zero-order chi connectivity index (χ0) is 16.2. The summed E-state index contributed by atoms with van der Waals surface area (Å²) < 4.78 is 32.0. The third-order valence-corrected chi connectivity index (χ3v) is 2.99. The van der Waals surface area contributed by atoms with Crippen LogP contribution in [-0.2, 0) is 9.53 Å². The Kier molecular flexibility index (Phi) is 5.84. The Hall–Kier alpha value is -1.95. The normalized spacial score (nSPS) is 11.9. The van der Waals surface area contributed by atoms with Gasteiger partial charge in [-0.2, -0.15) is 0 Å². The van der Waals surface area contributed by atoms with E-state index >= 15 is 0 Å². The molecule has 0 unspecified atom stereocenters. The van der Waals surface area contributed by atoms with Gasteiger partial charge in [0.2, 0.25) is 5.78 Å². The number of carbonyl (C=O) groups excluding carboxylic acids is 1. The molecule has 1 aromatic rings. The summed E-state index contributed by atoms with van der Waals surface area (Å²) in [6.07, 6.45) is 0.137. The highest BCUT2D eigenvalue weighted by molar-refractivity contribution is 6.32. The van der Waals surface area contributed by atoms with Crippen molar-refractivity contribution in [1.29, 1.82) is 0 Å². The molecule has 0 saturated heterocycles. The summed E-state index contributed by atoms with van der Waals surface area (Å²) in [5, 5.41) is 8.30. The van der Waals surface area contributed by atoms with Gasteiger partial charge in [0.25, 0.3) is 0 Å². The number of benzene rings is 1. The van der Waals surface area contributed by atoms with Gasteiger partial charge in [-0.05, 0) is 19.1 Å². The predicted molar refractivity (Wildman–Crippen MR) is 72.3 cm³/mol. The number of allylic oxidation sites excluding steroid dienone is 1. The van der Waals surface area contributed by atoms with E-state index in [2.05, 4.69) is 0 Å². The minimum Gasteiger partial charge on any atom is -0.497 e. The van der Waals surface area contributed by atoms with Gasteiger partial charge < -0.3 is 9.84 Å². The molecule has 0 spiro atoms. The summed E-state index contributed by atoms with van der Waals surface area (Å²) in [6.45, 7) is 3.37. The molecule has 0 radical (unpaired) electrons. The fourth-order valence-electron chi connectivity index (χ4n) is 1.70. The number of Topliss-reactive ketones (excluding diaryl/α,β-unsaturated/α-hetero) is 1. The van der Waals surface area contributed by atoms with Crippen molar-refractivity contribution in [3.63, 3.8) is 0 Å². The molecule has 7 heteroatoms. The molecule has 0 amide bonds. The minimum absolute atomic E-state index is 0.0742. The number of rotatable bonds is 6. The number of carboxylic acid groups (broad SMARTS) is 1. The third-order valence-electron chi connectivity index (χ3n) is 2.64. The SMILES string of the molecule is CCOC(CC)=C(C(=O)O)C(=O)c1ccc(F)c(Cl)c1F. The van der Waals surface area contributed by atoms with Crippen LogP contribution in [0.25, 0.3) is 0 Å². The van der Waals surface area contributed by atoms with Crippen molar-refractivity contribution < 1.29 is 28.2 Å². The molecule has 0 saturated carbocycles. The molecule has 4 nitrogen and oxygen atoms in total. The summed E-state index contributed by atoms with van der Waals surface area (Å²) in [5.74, 6) is -5.08. The molecule has 0 aliphatic carbocycles. The molecule has 0 aliphatic rings. The first kappa shape index (κ1) is 17.1. The second kappa shape index (κ2) is 7.17. The second-order valence-electron chi connectivity index (χ2n) is 3.94. The molecule has 0 atom stereocenters. The number of aliphatic carboxylic acids is 1. The number of hydrogen-bond acceptors (Lipinski definition) is 3. The fraction of sp³-hybridized carbons (Fsp3) is 0.286. The van der Waals surface area contributed by atoms with Crippen LogP contribution >= 0.6 is 11.6 Å². The molecule has 0 fully saturated rings. The van der Waals surface area contributed by atoms with Crippen LogP contribution < -0.4 is 0 Å². The van der Waals surface area contributed by atoms with E-state index in [1.54, 1.807) is 13.8 Å². The van der Waals surface area contributed by atoms with Gasteiger partial charge in [0.1, 0.15) is 22.2 Å². The molecule has 0 heterocycles. The second-order valence-corrected chi connectivity index (χ2v) is 4.32. The average molecular weight is 319 g/mol. The Bertz CT molecular complexity index is 611. The van der Waals surface area contributed by atoms with Crippen LogP contribution in [0.15, 0.2) is 23.5 Å². The van der Waals surface area contributed by atoms with Crippen LogP contribution in [0, 0.1) is 11.6 Å². The summed E-state index contributed by atoms with van der Waals surface area (Å²) in [7, 11) is 0. The Morgan fingerprint density at radius 3 is 2.38 bits per heavy atom. The Labute approximate surface area is 125 Å². The lowest BCUT2D eigenvalue weighted by Crippen LogP contribution is -2.18. The molecule has 1 N–H and O–H groups in total. The fourth-order valence-corrected chi connectivity index (χ4v) is 1.87. The molecular formula is C14H13ClF2O4. The van der Waals surface area contributed by atoms with Crippen molar-refractivity contribution in [2.75, 3.05) is 6.61 Å². The number of ether oxygens (including phenoxy) is 1. The molecule has 0 aromatic heterocycles. The number of ketones is 1. The Morgan fingerprint density at radius 2 is 1.90 bits per heavy atom. The molecule has 0 bridgehead atoms. The van der Waals surface area contributed by atoms with Gasteiger partial charge >= 0.3 is 5.97 Å². The smallest absolute Gasteiger partial charge is 0.343 e. The van der Waals surface area contributed by atoms with E-state index < -0.39 is 39.5 Å². The van der Waals surface area contributed by atoms with E-state index in [0.717, 1.165) is 12.1 Å². The van der Waals surface area contributed by atoms with Gasteiger partial charge in [-0.1, -0.05) is 18.5 Å². The van der Waals surface area contributed by atoms with Gasteiger partial charge in [-0.15, -0.1) is 0 Å². The van der Waals surface area contributed by atoms with Gasteiger partial charge in [-0.3, -0.25) is 4.79 Å². The highest BCUT2D eigenvalue weighted by Gasteiger charge is 2.28. The number of carbonyl (C=O) groups is 2. The molecule has 114 valence electrons. The lowest BCUT2D eigenvalue weighted by atomic mass is 10.0. The van der Waals surface area contributed by atoms with Gasteiger partial charge in [-0.25, -0.2) is 13.6 Å². The highest BCUT2D eigenvalue weighted by Crippen LogP contribution is 2.25. The van der Waals surface area contributed by atoms with Gasteiger partial charge in [0.15, 0.2) is 5.82 Å². The molecule has 0 aliphatic heterocycles. The van der Waals surface area contributed by atoms with Gasteiger partial charge in [0, 0.05) is 6.42 Å². The van der Waals surface area contributed by atoms with Crippen LogP contribution in [0.3, 0.4) is 0 Å². The van der Waals surface area contributed by atoms with Crippen LogP contribution in [0.2, 0.25) is 5.02 Å². The van der Waals surface area contributed by atoms with E-state index in [-0.39, 0.29) is 18.8 Å². The number of hydrogen-bond donors (Lipinski definition) is 1. The summed E-state index contributed by atoms with van der Waals surface area (Å²) in [5.41, 5.74) is -1.31. The van der Waals surface area contributed by atoms with E-state index in [9.17, 15) is 18.4 Å². The quantitative estimate of drug-likeness (QED) is 0.217. The zero-order valence-corrected chi connectivity index (χ0v) is 12.1. The van der Waals surface area contributed by atoms with Crippen LogP contribution in [-0.4, -0.2) is 23.5 Å². The number of halogens is 3. The van der Waals surface area contributed by atoms with Crippen LogP contribution in [0.1, 0.15) is 30.6 Å². The summed E-state index contributed by atoms with van der Waals surface area (Å²) in [4.78, 5) is 23.5. The average Bonchev–Trinajstić information content (AvgIpc) is 2.43. The van der Waals surface area contributed by atoms with Crippen LogP contribution in [0.5, 0.6) is 0 Å². The van der Waals surface area contributed by atoms with Crippen molar-refractivity contribution in [2.45, 2.75) is 20.3 Å². The molecular weight excluding hydrogens is 306 g/mol. The lowest BCUT2D eigenvalue weighted by molar-refractivity contribution is -0.132. The third kappa shape index (κ3) is 3.58. The topological polar surface area (TPSA) is 63.6 Å². The maximum absolute atomic E-state index is 13.8. The van der Waals surface area contributed by atoms with E-state index in [0.29, 0.717) is 0 Å². The van der Waals surface area contributed by atoms with E-state index in [1.165, 1.54) is 0 Å². The van der Waals surface area contributed by atoms with E-state index in [1.807, 2.05) is 0 Å². The predicted octanol–water partition coefficient (Wildman–Crippen LogP) is 3.59. The summed E-state index contributed by atoms with van der Waals surface area (Å²) in [6, 6.07) is 1.64. The van der Waals surface area contributed by atoms with Crippen molar-refractivity contribution in [2.24, 2.45) is 0 Å². The molecule has 21 heavy (non-hydrogen) atoms. The molecule has 1 rings (SSSR count). The zero-order valence-electron chi connectivity index (χ0n) is 11.4. The first-order chi connectivity index (χ1) is 9.84. The largest absolute Gasteiger partial charge is 0.497 e. The first-order valence-corrected chi connectivity index (χ1v) is 6.50. The monoisotopic (exact) mass is 318 g/mol. The van der Waals surface area contributed by atoms with Crippen LogP contribution in [0.4, 0.5) is 8.78 Å². The molecule has 1 aromatic carbocycles. The number of carboxylic acids is 1. The van der Waals surface area contributed by atoms with Crippen molar-refractivity contribution in [1.82, 2.24) is 0 Å². The summed E-state index contributed by atoms with van der Waals surface area (Å²) >= 11 is 5.39. The standard InChI is InChI=1S/C14H13ClF2O4/c1-3-9(21-4-2)10(14(19)20)13(18)7-5-6-8(16)11(15)12(7)17/h5-6H,3-4H2,1-2H3,(H,19,20). The lowest BCUT2D eigenvalue weighted by Gasteiger charge is -2.11. The Morgan fingerprint density at radius 1 is 1.29 bits per heavy atom. The van der Waals surface area contributed by atoms with Gasteiger partial charge in [0.05, 0.1) is 12.2 Å². The van der Waals surface area contributed by atoms with Crippen molar-refractivity contribution >= 4 is 23.4 Å². The Balaban J connectivity index is 3.45. The van der Waals surface area contributed by atoms with Crippen molar-refractivity contribution in [3.8, 4) is 0 Å².